The van der Waals surface area contributed by atoms with Gasteiger partial charge in [-0.2, -0.15) is 4.39 Å². The molecule has 0 unspecified atom stereocenters. The molecule has 0 atom stereocenters. The third-order valence-electron chi connectivity index (χ3n) is 5.43. The number of aryl methyl sites for hydroxylation is 2. The fourth-order valence-electron chi connectivity index (χ4n) is 3.49. The zero-order valence-electron chi connectivity index (χ0n) is 21.8. The number of nitrogens with zero attached hydrogens (tertiary/aromatic N) is 1. The van der Waals surface area contributed by atoms with Gasteiger partial charge in [0.2, 0.25) is 5.85 Å². The van der Waals surface area contributed by atoms with E-state index in [0.717, 1.165) is 27.9 Å². The van der Waals surface area contributed by atoms with Crippen LogP contribution in [0.3, 0.4) is 0 Å². The molecule has 1 heterocycles. The van der Waals surface area contributed by atoms with Gasteiger partial charge in [0.15, 0.2) is 0 Å². The molecule has 7 heteroatoms. The van der Waals surface area contributed by atoms with Crippen molar-refractivity contribution in [1.29, 1.82) is 0 Å². The lowest BCUT2D eigenvalue weighted by atomic mass is 10.0. The van der Waals surface area contributed by atoms with Crippen LogP contribution in [-0.2, 0) is 22.4 Å². The maximum Gasteiger partial charge on any atom is 0.338 e. The van der Waals surface area contributed by atoms with Gasteiger partial charge in [-0.3, -0.25) is 0 Å². The monoisotopic (exact) mass is 502 g/mol. The van der Waals surface area contributed by atoms with E-state index in [-0.39, 0.29) is 0 Å². The number of halogens is 1. The van der Waals surface area contributed by atoms with Crippen LogP contribution in [0.4, 0.5) is 10.1 Å². The van der Waals surface area contributed by atoms with Crippen LogP contribution in [0.2, 0.25) is 0 Å². The molecule has 0 radical (unpaired) electrons. The lowest BCUT2D eigenvalue weighted by molar-refractivity contribution is -0.0637. The summed E-state index contributed by atoms with van der Waals surface area (Å²) in [6, 6.07) is 9.64. The Morgan fingerprint density at radius 3 is 2.76 bits per heavy atom. The second kappa shape index (κ2) is 12.1. The van der Waals surface area contributed by atoms with Crippen molar-refractivity contribution in [2.24, 2.45) is 4.99 Å². The van der Waals surface area contributed by atoms with E-state index in [4.69, 9.17) is 14.2 Å². The number of carbonyl (C=O) groups is 1. The largest absolute Gasteiger partial charge is 0.466 e. The first kappa shape index (κ1) is 27.3. The van der Waals surface area contributed by atoms with Gasteiger partial charge in [-0.1, -0.05) is 37.5 Å². The molecule has 0 bridgehead atoms. The second-order valence-electron chi connectivity index (χ2n) is 8.72. The highest BCUT2D eigenvalue weighted by molar-refractivity contribution is 5.94. The SMILES string of the molecule is C=C/C(C#Cc1cc2c(cc1C)NC(Oc1ccc(CC)c(C(=O)OC)c1)=NC2)=C\C=C\OC(C)(C)F. The Bertz CT molecular complexity index is 1340. The summed E-state index contributed by atoms with van der Waals surface area (Å²) in [6.45, 7) is 10.8. The van der Waals surface area contributed by atoms with Gasteiger partial charge in [0, 0.05) is 30.7 Å². The number of aliphatic imine (C=N–C) groups is 1. The van der Waals surface area contributed by atoms with Gasteiger partial charge in [0.1, 0.15) is 5.75 Å². The molecule has 1 aliphatic rings. The molecule has 1 aliphatic heterocycles. The van der Waals surface area contributed by atoms with Crippen molar-refractivity contribution in [1.82, 2.24) is 0 Å². The standard InChI is InChI=1S/C30H31FN2O4/c1-7-21(10-9-15-36-30(4,5)31)11-12-23-17-24-19-32-29(33-27(24)16-20(23)3)37-25-14-13-22(8-2)26(18-25)28(34)35-6/h7,9-10,13-18H,1,8,19H2,2-6H3,(H,32,33)/b15-9+,21-10+. The molecular weight excluding hydrogens is 471 g/mol. The summed E-state index contributed by atoms with van der Waals surface area (Å²) >= 11 is 0. The van der Waals surface area contributed by atoms with E-state index in [0.29, 0.717) is 35.9 Å². The molecule has 6 nitrogen and oxygen atoms in total. The molecule has 0 saturated heterocycles. The first-order valence-corrected chi connectivity index (χ1v) is 11.9. The van der Waals surface area contributed by atoms with Gasteiger partial charge in [0.25, 0.3) is 6.02 Å². The summed E-state index contributed by atoms with van der Waals surface area (Å²) in [5.74, 6) is 4.59. The van der Waals surface area contributed by atoms with Gasteiger partial charge >= 0.3 is 5.97 Å². The highest BCUT2D eigenvalue weighted by atomic mass is 19.2. The number of methoxy groups -OCH3 is 1. The van der Waals surface area contributed by atoms with Crippen molar-refractivity contribution in [3.63, 3.8) is 0 Å². The number of fused-ring (bicyclic) bond motifs is 1. The number of ether oxygens (including phenoxy) is 3. The Morgan fingerprint density at radius 2 is 2.08 bits per heavy atom. The van der Waals surface area contributed by atoms with E-state index < -0.39 is 11.8 Å². The number of alkyl halides is 1. The molecule has 2 aromatic rings. The first-order chi connectivity index (χ1) is 17.6. The number of esters is 1. The van der Waals surface area contributed by atoms with Crippen molar-refractivity contribution in [2.45, 2.75) is 46.5 Å². The quantitative estimate of drug-likeness (QED) is 0.205. The smallest absolute Gasteiger partial charge is 0.338 e. The maximum absolute atomic E-state index is 13.4. The van der Waals surface area contributed by atoms with Crippen molar-refractivity contribution < 1.29 is 23.4 Å². The first-order valence-electron chi connectivity index (χ1n) is 11.9. The van der Waals surface area contributed by atoms with Crippen LogP contribution >= 0.6 is 0 Å². The zero-order chi connectivity index (χ0) is 27.0. The third kappa shape index (κ3) is 7.58. The predicted octanol–water partition coefficient (Wildman–Crippen LogP) is 6.40. The lowest BCUT2D eigenvalue weighted by Crippen LogP contribution is -2.24. The normalized spacial score (nSPS) is 13.0. The number of hydrogen-bond acceptors (Lipinski definition) is 6. The van der Waals surface area contributed by atoms with E-state index in [9.17, 15) is 9.18 Å². The molecule has 37 heavy (non-hydrogen) atoms. The predicted molar refractivity (Wildman–Crippen MR) is 144 cm³/mol. The minimum absolute atomic E-state index is 0.341. The second-order valence-corrected chi connectivity index (χ2v) is 8.72. The van der Waals surface area contributed by atoms with Crippen LogP contribution in [0.5, 0.6) is 5.75 Å². The fraction of sp³-hybridized carbons (Fsp3) is 0.267. The Balaban J connectivity index is 1.75. The Kier molecular flexibility index (Phi) is 8.91. The molecule has 1 N–H and O–H groups in total. The molecule has 0 aliphatic carbocycles. The van der Waals surface area contributed by atoms with Gasteiger partial charge in [-0.05, 0) is 66.5 Å². The van der Waals surface area contributed by atoms with E-state index in [1.807, 2.05) is 32.0 Å². The minimum Gasteiger partial charge on any atom is -0.466 e. The summed E-state index contributed by atoms with van der Waals surface area (Å²) in [5, 5.41) is 3.21. The topological polar surface area (TPSA) is 69.2 Å². The van der Waals surface area contributed by atoms with Gasteiger partial charge in [-0.25, -0.2) is 9.79 Å². The van der Waals surface area contributed by atoms with Gasteiger partial charge in [-0.15, -0.1) is 0 Å². The summed E-state index contributed by atoms with van der Waals surface area (Å²) in [6.07, 6.45) is 6.89. The van der Waals surface area contributed by atoms with Crippen molar-refractivity contribution in [3.05, 3.63) is 94.8 Å². The van der Waals surface area contributed by atoms with Crippen LogP contribution in [0.1, 0.15) is 53.4 Å². The molecule has 192 valence electrons. The molecule has 0 saturated carbocycles. The number of carbonyl (C=O) groups excluding carboxylic acids is 1. The molecule has 0 amide bonds. The minimum atomic E-state index is -1.74. The van der Waals surface area contributed by atoms with Crippen molar-refractivity contribution in [2.75, 3.05) is 12.4 Å². The number of hydrogen-bond donors (Lipinski definition) is 1. The van der Waals surface area contributed by atoms with Crippen molar-refractivity contribution >= 4 is 17.7 Å². The fourth-order valence-corrected chi connectivity index (χ4v) is 3.49. The molecule has 2 aromatic carbocycles. The summed E-state index contributed by atoms with van der Waals surface area (Å²) in [5.41, 5.74) is 5.70. The number of amidine groups is 1. The summed E-state index contributed by atoms with van der Waals surface area (Å²) in [4.78, 5) is 16.6. The molecule has 3 rings (SSSR count). The van der Waals surface area contributed by atoms with Crippen LogP contribution in [-0.4, -0.2) is 25.0 Å². The van der Waals surface area contributed by atoms with Crippen LogP contribution in [0.15, 0.2) is 72.0 Å². The summed E-state index contributed by atoms with van der Waals surface area (Å²) in [7, 11) is 1.36. The Hall–Kier alpha value is -4.31. The number of anilines is 1. The van der Waals surface area contributed by atoms with E-state index in [1.54, 1.807) is 30.4 Å². The number of rotatable bonds is 7. The number of nitrogens with one attached hydrogen (secondary N) is 1. The van der Waals surface area contributed by atoms with E-state index >= 15 is 0 Å². The third-order valence-corrected chi connectivity index (χ3v) is 5.43. The lowest BCUT2D eigenvalue weighted by Gasteiger charge is -2.20. The number of allylic oxidation sites excluding steroid dienone is 4. The van der Waals surface area contributed by atoms with E-state index in [1.165, 1.54) is 27.2 Å². The van der Waals surface area contributed by atoms with Gasteiger partial charge < -0.3 is 19.5 Å². The highest BCUT2D eigenvalue weighted by Crippen LogP contribution is 2.26. The molecular formula is C30H31FN2O4. The Labute approximate surface area is 217 Å². The van der Waals surface area contributed by atoms with Crippen LogP contribution in [0, 0.1) is 18.8 Å². The van der Waals surface area contributed by atoms with Crippen molar-refractivity contribution in [3.8, 4) is 17.6 Å². The van der Waals surface area contributed by atoms with Crippen LogP contribution < -0.4 is 10.1 Å². The summed E-state index contributed by atoms with van der Waals surface area (Å²) < 4.78 is 29.1. The maximum atomic E-state index is 13.4. The highest BCUT2D eigenvalue weighted by Gasteiger charge is 2.17. The molecule has 0 fully saturated rings. The average molecular weight is 503 g/mol. The van der Waals surface area contributed by atoms with Gasteiger partial charge in [0.05, 0.1) is 25.5 Å². The molecule has 0 aromatic heterocycles. The average Bonchev–Trinajstić information content (AvgIpc) is 2.87. The van der Waals surface area contributed by atoms with E-state index in [2.05, 4.69) is 28.7 Å². The van der Waals surface area contributed by atoms with Crippen LogP contribution in [0.25, 0.3) is 0 Å². The zero-order valence-corrected chi connectivity index (χ0v) is 21.8. The molecule has 0 spiro atoms. The number of benzene rings is 2. The Morgan fingerprint density at radius 1 is 1.30 bits per heavy atom.